The second-order valence-electron chi connectivity index (χ2n) is 5.24. The van der Waals surface area contributed by atoms with E-state index in [2.05, 4.69) is 21.2 Å². The lowest BCUT2D eigenvalue weighted by atomic mass is 10.0. The maximum Gasteiger partial charge on any atom is 0.250 e. The molecule has 1 aliphatic rings. The summed E-state index contributed by atoms with van der Waals surface area (Å²) in [5.74, 6) is -0.812. The number of rotatable bonds is 3. The van der Waals surface area contributed by atoms with Crippen LogP contribution in [0.15, 0.2) is 22.7 Å². The number of carbonyl (C=O) groups is 2. The number of benzene rings is 1. The molecule has 1 aromatic rings. The smallest absolute Gasteiger partial charge is 0.250 e. The highest BCUT2D eigenvalue weighted by molar-refractivity contribution is 9.10. The number of halogens is 2. The highest BCUT2D eigenvalue weighted by Crippen LogP contribution is 2.31. The summed E-state index contributed by atoms with van der Waals surface area (Å²) in [4.78, 5) is 25.4. The maximum absolute atomic E-state index is 14.0. The Balaban J connectivity index is 2.35. The summed E-state index contributed by atoms with van der Waals surface area (Å²) in [5, 5.41) is 2.67. The summed E-state index contributed by atoms with van der Waals surface area (Å²) < 4.78 is 14.4. The molecule has 0 aliphatic carbocycles. The summed E-state index contributed by atoms with van der Waals surface area (Å²) in [5.41, 5.74) is 0.126. The number of nitrogens with one attached hydrogen (secondary N) is 1. The van der Waals surface area contributed by atoms with Crippen LogP contribution in [-0.4, -0.2) is 24.4 Å². The number of carbonyl (C=O) groups excluding carboxylic acids is 2. The van der Waals surface area contributed by atoms with Crippen LogP contribution >= 0.6 is 15.9 Å². The standard InChI is InChI=1S/C14H16BrFN2O2/c1-8(2)6-11-14(20)18(7-12(19)17-11)13-9(15)4-3-5-10(13)16/h3-5,8,11H,6-7H2,1-2H3,(H,17,19). The molecule has 1 atom stereocenters. The van der Waals surface area contributed by atoms with Gasteiger partial charge in [0, 0.05) is 4.47 Å². The van der Waals surface area contributed by atoms with Crippen LogP contribution in [0.5, 0.6) is 0 Å². The van der Waals surface area contributed by atoms with E-state index < -0.39 is 11.9 Å². The van der Waals surface area contributed by atoms with Crippen molar-refractivity contribution in [2.45, 2.75) is 26.3 Å². The number of nitrogens with zero attached hydrogens (tertiary/aromatic N) is 1. The minimum atomic E-state index is -0.595. The zero-order chi connectivity index (χ0) is 14.9. The monoisotopic (exact) mass is 342 g/mol. The molecule has 4 nitrogen and oxygen atoms in total. The molecular formula is C14H16BrFN2O2. The lowest BCUT2D eigenvalue weighted by Crippen LogP contribution is -2.58. The van der Waals surface area contributed by atoms with Crippen LogP contribution < -0.4 is 10.2 Å². The van der Waals surface area contributed by atoms with Gasteiger partial charge < -0.3 is 5.32 Å². The Labute approximate surface area is 125 Å². The molecule has 1 unspecified atom stereocenters. The first kappa shape index (κ1) is 15.0. The van der Waals surface area contributed by atoms with Gasteiger partial charge >= 0.3 is 0 Å². The lowest BCUT2D eigenvalue weighted by molar-refractivity contribution is -0.131. The Kier molecular flexibility index (Phi) is 4.42. The fourth-order valence-electron chi connectivity index (χ4n) is 2.28. The van der Waals surface area contributed by atoms with Gasteiger partial charge in [0.15, 0.2) is 0 Å². The average Bonchev–Trinajstić information content (AvgIpc) is 2.33. The number of piperazine rings is 1. The number of anilines is 1. The molecule has 6 heteroatoms. The van der Waals surface area contributed by atoms with Crippen molar-refractivity contribution in [2.24, 2.45) is 5.92 Å². The predicted molar refractivity (Wildman–Crippen MR) is 77.8 cm³/mol. The first-order chi connectivity index (χ1) is 9.40. The maximum atomic E-state index is 14.0. The predicted octanol–water partition coefficient (Wildman–Crippen LogP) is 2.47. The van der Waals surface area contributed by atoms with Gasteiger partial charge in [0.05, 0.1) is 5.69 Å². The van der Waals surface area contributed by atoms with Crippen molar-refractivity contribution < 1.29 is 14.0 Å². The summed E-state index contributed by atoms with van der Waals surface area (Å²) >= 11 is 3.24. The molecule has 0 spiro atoms. The van der Waals surface area contributed by atoms with Crippen molar-refractivity contribution in [3.63, 3.8) is 0 Å². The van der Waals surface area contributed by atoms with Crippen molar-refractivity contribution in [1.29, 1.82) is 0 Å². The SMILES string of the molecule is CC(C)CC1NC(=O)CN(c2c(F)cccc2Br)C1=O. The fraction of sp³-hybridized carbons (Fsp3) is 0.429. The van der Waals surface area contributed by atoms with Crippen LogP contribution in [0.4, 0.5) is 10.1 Å². The van der Waals surface area contributed by atoms with Crippen molar-refractivity contribution in [3.05, 3.63) is 28.5 Å². The van der Waals surface area contributed by atoms with Crippen LogP contribution in [0.25, 0.3) is 0 Å². The van der Waals surface area contributed by atoms with E-state index in [9.17, 15) is 14.0 Å². The first-order valence-electron chi connectivity index (χ1n) is 6.45. The minimum Gasteiger partial charge on any atom is -0.343 e. The van der Waals surface area contributed by atoms with Gasteiger partial charge in [0.1, 0.15) is 18.4 Å². The van der Waals surface area contributed by atoms with Crippen molar-refractivity contribution in [1.82, 2.24) is 5.32 Å². The highest BCUT2D eigenvalue weighted by Gasteiger charge is 2.35. The normalized spacial score (nSPS) is 19.4. The zero-order valence-electron chi connectivity index (χ0n) is 11.3. The minimum absolute atomic E-state index is 0.126. The molecule has 20 heavy (non-hydrogen) atoms. The van der Waals surface area contributed by atoms with Crippen LogP contribution in [0.1, 0.15) is 20.3 Å². The third-order valence-electron chi connectivity index (χ3n) is 3.12. The molecule has 0 aromatic heterocycles. The van der Waals surface area contributed by atoms with Gasteiger partial charge in [-0.15, -0.1) is 0 Å². The number of hydrogen-bond donors (Lipinski definition) is 1. The van der Waals surface area contributed by atoms with Gasteiger partial charge in [-0.3, -0.25) is 14.5 Å². The number of amides is 2. The van der Waals surface area contributed by atoms with Gasteiger partial charge in [-0.25, -0.2) is 4.39 Å². The Morgan fingerprint density at radius 3 is 2.75 bits per heavy atom. The number of hydrogen-bond acceptors (Lipinski definition) is 2. The van der Waals surface area contributed by atoms with Crippen molar-refractivity contribution in [2.75, 3.05) is 11.4 Å². The Morgan fingerprint density at radius 2 is 2.15 bits per heavy atom. The molecule has 0 bridgehead atoms. The Bertz CT molecular complexity index is 528. The third kappa shape index (κ3) is 3.00. The fourth-order valence-corrected chi connectivity index (χ4v) is 2.83. The van der Waals surface area contributed by atoms with Gasteiger partial charge in [0.2, 0.25) is 11.8 Å². The van der Waals surface area contributed by atoms with E-state index in [1.165, 1.54) is 11.0 Å². The van der Waals surface area contributed by atoms with Crippen LogP contribution in [-0.2, 0) is 9.59 Å². The molecule has 0 radical (unpaired) electrons. The van der Waals surface area contributed by atoms with Crippen molar-refractivity contribution in [3.8, 4) is 0 Å². The molecule has 1 N–H and O–H groups in total. The molecule has 2 rings (SSSR count). The van der Waals surface area contributed by atoms with E-state index in [-0.39, 0.29) is 30.0 Å². The lowest BCUT2D eigenvalue weighted by Gasteiger charge is -2.33. The molecule has 0 saturated carbocycles. The molecular weight excluding hydrogens is 327 g/mol. The highest BCUT2D eigenvalue weighted by atomic mass is 79.9. The largest absolute Gasteiger partial charge is 0.343 e. The van der Waals surface area contributed by atoms with Crippen LogP contribution in [0.3, 0.4) is 0 Å². The van der Waals surface area contributed by atoms with Crippen molar-refractivity contribution >= 4 is 33.4 Å². The average molecular weight is 343 g/mol. The Hall–Kier alpha value is -1.43. The summed E-state index contributed by atoms with van der Waals surface area (Å²) in [6.45, 7) is 3.78. The summed E-state index contributed by atoms with van der Waals surface area (Å²) in [6.07, 6.45) is 0.535. The molecule has 108 valence electrons. The summed E-state index contributed by atoms with van der Waals surface area (Å²) in [6, 6.07) is 3.87. The quantitative estimate of drug-likeness (QED) is 0.917. The van der Waals surface area contributed by atoms with E-state index in [1.54, 1.807) is 12.1 Å². The van der Waals surface area contributed by atoms with E-state index >= 15 is 0 Å². The first-order valence-corrected chi connectivity index (χ1v) is 7.24. The molecule has 1 aromatic carbocycles. The molecule has 2 amide bonds. The topological polar surface area (TPSA) is 49.4 Å². The van der Waals surface area contributed by atoms with Gasteiger partial charge in [-0.1, -0.05) is 19.9 Å². The molecule has 1 heterocycles. The van der Waals surface area contributed by atoms with E-state index in [0.29, 0.717) is 10.9 Å². The second-order valence-corrected chi connectivity index (χ2v) is 6.10. The van der Waals surface area contributed by atoms with Gasteiger partial charge in [-0.2, -0.15) is 0 Å². The van der Waals surface area contributed by atoms with Gasteiger partial charge in [-0.05, 0) is 40.4 Å². The third-order valence-corrected chi connectivity index (χ3v) is 3.76. The van der Waals surface area contributed by atoms with Gasteiger partial charge in [0.25, 0.3) is 0 Å². The van der Waals surface area contributed by atoms with Crippen LogP contribution in [0.2, 0.25) is 0 Å². The van der Waals surface area contributed by atoms with E-state index in [0.717, 1.165) is 0 Å². The number of para-hydroxylation sites is 1. The molecule has 1 fully saturated rings. The summed E-state index contributed by atoms with van der Waals surface area (Å²) in [7, 11) is 0. The van der Waals surface area contributed by atoms with Crippen LogP contribution in [0, 0.1) is 11.7 Å². The molecule has 1 saturated heterocycles. The Morgan fingerprint density at radius 1 is 1.45 bits per heavy atom. The second kappa shape index (κ2) is 5.91. The molecule has 1 aliphatic heterocycles. The van der Waals surface area contributed by atoms with E-state index in [1.807, 2.05) is 13.8 Å². The van der Waals surface area contributed by atoms with E-state index in [4.69, 9.17) is 0 Å². The zero-order valence-corrected chi connectivity index (χ0v) is 12.9.